The minimum Gasteiger partial charge on any atom is -0.481 e. The molecule has 0 unspecified atom stereocenters. The lowest BCUT2D eigenvalue weighted by molar-refractivity contribution is -0.142. The topological polar surface area (TPSA) is 86.6 Å². The Labute approximate surface area is 135 Å². The first-order valence-electron chi connectivity index (χ1n) is 7.44. The third-order valence-electron chi connectivity index (χ3n) is 4.38. The van der Waals surface area contributed by atoms with Crippen molar-refractivity contribution in [2.45, 2.75) is 19.4 Å². The highest BCUT2D eigenvalue weighted by Crippen LogP contribution is 2.36. The highest BCUT2D eigenvalue weighted by molar-refractivity contribution is 5.79. The van der Waals surface area contributed by atoms with E-state index in [0.29, 0.717) is 6.54 Å². The number of carboxylic acid groups (broad SMARTS) is 2. The van der Waals surface area contributed by atoms with Crippen molar-refractivity contribution in [2.24, 2.45) is 11.8 Å². The number of carbonyl (C=O) groups is 2. The van der Waals surface area contributed by atoms with Crippen LogP contribution in [0, 0.1) is 11.8 Å². The van der Waals surface area contributed by atoms with Crippen LogP contribution in [0.4, 0.5) is 0 Å². The normalized spacial score (nSPS) is 23.4. The number of rotatable bonds is 6. The van der Waals surface area contributed by atoms with Gasteiger partial charge in [-0.25, -0.2) is 0 Å². The van der Waals surface area contributed by atoms with E-state index in [2.05, 4.69) is 18.5 Å². The number of hydrogen-bond donors (Lipinski definition) is 3. The molecule has 5 nitrogen and oxygen atoms in total. The first-order chi connectivity index (χ1) is 10.8. The van der Waals surface area contributed by atoms with Crippen LogP contribution in [0.15, 0.2) is 37.4 Å². The van der Waals surface area contributed by atoms with Crippen molar-refractivity contribution in [1.82, 2.24) is 5.32 Å². The molecule has 3 atom stereocenters. The second kappa shape index (κ2) is 6.79. The molecule has 1 heterocycles. The molecule has 1 aromatic carbocycles. The van der Waals surface area contributed by atoms with Crippen LogP contribution in [0.25, 0.3) is 11.1 Å². The smallest absolute Gasteiger partial charge is 0.321 e. The Morgan fingerprint density at radius 3 is 2.22 bits per heavy atom. The van der Waals surface area contributed by atoms with Gasteiger partial charge in [-0.3, -0.25) is 9.59 Å². The zero-order valence-corrected chi connectivity index (χ0v) is 13.1. The zero-order valence-electron chi connectivity index (χ0n) is 13.1. The molecule has 0 spiro atoms. The molecule has 1 aliphatic heterocycles. The van der Waals surface area contributed by atoms with E-state index in [1.54, 1.807) is 0 Å². The van der Waals surface area contributed by atoms with E-state index >= 15 is 0 Å². The number of allylic oxidation sites excluding steroid dienone is 1. The van der Waals surface area contributed by atoms with Gasteiger partial charge in [0.15, 0.2) is 0 Å². The molecular weight excluding hydrogens is 294 g/mol. The Morgan fingerprint density at radius 2 is 1.74 bits per heavy atom. The van der Waals surface area contributed by atoms with E-state index in [1.807, 2.05) is 31.2 Å². The van der Waals surface area contributed by atoms with E-state index in [-0.39, 0.29) is 12.3 Å². The molecule has 5 heteroatoms. The summed E-state index contributed by atoms with van der Waals surface area (Å²) >= 11 is 0. The summed E-state index contributed by atoms with van der Waals surface area (Å²) in [4.78, 5) is 22.4. The Bertz CT molecular complexity index is 647. The average Bonchev–Trinajstić information content (AvgIpc) is 2.89. The summed E-state index contributed by atoms with van der Waals surface area (Å²) in [6.45, 7) is 10.3. The van der Waals surface area contributed by atoms with Gasteiger partial charge in [0.1, 0.15) is 6.04 Å². The van der Waals surface area contributed by atoms with Gasteiger partial charge >= 0.3 is 11.9 Å². The van der Waals surface area contributed by atoms with E-state index in [9.17, 15) is 14.7 Å². The summed E-state index contributed by atoms with van der Waals surface area (Å²) in [7, 11) is 0. The van der Waals surface area contributed by atoms with Crippen LogP contribution >= 0.6 is 0 Å². The predicted octanol–water partition coefficient (Wildman–Crippen LogP) is 2.50. The molecule has 0 radical (unpaired) electrons. The van der Waals surface area contributed by atoms with Gasteiger partial charge < -0.3 is 15.5 Å². The van der Waals surface area contributed by atoms with Gasteiger partial charge in [0.25, 0.3) is 0 Å². The van der Waals surface area contributed by atoms with Crippen LogP contribution in [-0.4, -0.2) is 34.7 Å². The summed E-state index contributed by atoms with van der Waals surface area (Å²) in [6, 6.07) is 6.84. The Morgan fingerprint density at radius 1 is 1.17 bits per heavy atom. The lowest BCUT2D eigenvalue weighted by Crippen LogP contribution is -2.36. The molecule has 1 aliphatic rings. The van der Waals surface area contributed by atoms with Gasteiger partial charge in [0, 0.05) is 18.4 Å². The Hall–Kier alpha value is -2.40. The molecule has 0 aromatic heterocycles. The standard InChI is InChI=1S/C18H21NO4/c1-10(2)12-4-6-13(7-5-12)11(3)15-9-19-17(18(22)23)14(15)8-16(20)21/h4-7,14-15,17,19H,1,3,8-9H2,2H3,(H,20,21)(H,22,23)/t14-,15-,17-/m0/s1. The molecule has 23 heavy (non-hydrogen) atoms. The number of aliphatic carboxylic acids is 2. The van der Waals surface area contributed by atoms with E-state index in [1.165, 1.54) is 0 Å². The second-order valence-corrected chi connectivity index (χ2v) is 5.98. The summed E-state index contributed by atoms with van der Waals surface area (Å²) in [5.41, 5.74) is 3.64. The largest absolute Gasteiger partial charge is 0.481 e. The van der Waals surface area contributed by atoms with Crippen molar-refractivity contribution in [3.05, 3.63) is 48.6 Å². The highest BCUT2D eigenvalue weighted by atomic mass is 16.4. The maximum Gasteiger partial charge on any atom is 0.321 e. The van der Waals surface area contributed by atoms with Crippen molar-refractivity contribution in [3.8, 4) is 0 Å². The summed E-state index contributed by atoms with van der Waals surface area (Å²) in [5, 5.41) is 21.3. The van der Waals surface area contributed by atoms with Crippen LogP contribution in [0.3, 0.4) is 0 Å². The van der Waals surface area contributed by atoms with Gasteiger partial charge in [-0.1, -0.05) is 43.0 Å². The molecule has 0 saturated carbocycles. The fraction of sp³-hybridized carbons (Fsp3) is 0.333. The van der Waals surface area contributed by atoms with Crippen molar-refractivity contribution in [1.29, 1.82) is 0 Å². The van der Waals surface area contributed by atoms with Crippen LogP contribution in [0.5, 0.6) is 0 Å². The van der Waals surface area contributed by atoms with Gasteiger partial charge in [-0.2, -0.15) is 0 Å². The number of nitrogens with one attached hydrogen (secondary N) is 1. The van der Waals surface area contributed by atoms with E-state index in [4.69, 9.17) is 5.11 Å². The third-order valence-corrected chi connectivity index (χ3v) is 4.38. The van der Waals surface area contributed by atoms with Crippen LogP contribution in [-0.2, 0) is 9.59 Å². The molecule has 0 amide bonds. The second-order valence-electron chi connectivity index (χ2n) is 5.98. The average molecular weight is 315 g/mol. The molecular formula is C18H21NO4. The molecule has 1 saturated heterocycles. The fourth-order valence-corrected chi connectivity index (χ4v) is 3.09. The number of hydrogen-bond acceptors (Lipinski definition) is 3. The maximum atomic E-state index is 11.3. The van der Waals surface area contributed by atoms with Crippen molar-refractivity contribution in [2.75, 3.05) is 6.54 Å². The molecule has 0 aliphatic carbocycles. The molecule has 0 bridgehead atoms. The summed E-state index contributed by atoms with van der Waals surface area (Å²) in [6.07, 6.45) is -0.197. The molecule has 1 aromatic rings. The highest BCUT2D eigenvalue weighted by Gasteiger charge is 2.42. The van der Waals surface area contributed by atoms with Crippen LogP contribution in [0.1, 0.15) is 24.5 Å². The van der Waals surface area contributed by atoms with Crippen molar-refractivity contribution >= 4 is 23.1 Å². The van der Waals surface area contributed by atoms with E-state index in [0.717, 1.165) is 22.3 Å². The third kappa shape index (κ3) is 3.68. The fourth-order valence-electron chi connectivity index (χ4n) is 3.09. The quantitative estimate of drug-likeness (QED) is 0.751. The van der Waals surface area contributed by atoms with E-state index < -0.39 is 23.9 Å². The summed E-state index contributed by atoms with van der Waals surface area (Å²) in [5.74, 6) is -2.76. The number of benzene rings is 1. The van der Waals surface area contributed by atoms with Gasteiger partial charge in [-0.05, 0) is 23.6 Å². The zero-order chi connectivity index (χ0) is 17.1. The lowest BCUT2D eigenvalue weighted by atomic mass is 9.80. The SMILES string of the molecule is C=C(C)c1ccc(C(=C)[C@@H]2CN[C@H](C(=O)O)[C@H]2CC(=O)O)cc1. The van der Waals surface area contributed by atoms with Crippen LogP contribution < -0.4 is 5.32 Å². The first-order valence-corrected chi connectivity index (χ1v) is 7.44. The summed E-state index contributed by atoms with van der Waals surface area (Å²) < 4.78 is 0. The Balaban J connectivity index is 2.24. The lowest BCUT2D eigenvalue weighted by Gasteiger charge is -2.22. The van der Waals surface area contributed by atoms with Gasteiger partial charge in [0.2, 0.25) is 0 Å². The number of carboxylic acids is 2. The Kier molecular flexibility index (Phi) is 5.01. The van der Waals surface area contributed by atoms with Crippen LogP contribution in [0.2, 0.25) is 0 Å². The minimum absolute atomic E-state index is 0.197. The molecule has 122 valence electrons. The van der Waals surface area contributed by atoms with Gasteiger partial charge in [-0.15, -0.1) is 0 Å². The first kappa shape index (κ1) is 17.0. The molecule has 3 N–H and O–H groups in total. The van der Waals surface area contributed by atoms with Crippen molar-refractivity contribution < 1.29 is 19.8 Å². The monoisotopic (exact) mass is 315 g/mol. The minimum atomic E-state index is -1.02. The van der Waals surface area contributed by atoms with Gasteiger partial charge in [0.05, 0.1) is 6.42 Å². The van der Waals surface area contributed by atoms with Crippen molar-refractivity contribution in [3.63, 3.8) is 0 Å². The predicted molar refractivity (Wildman–Crippen MR) is 88.8 cm³/mol. The maximum absolute atomic E-state index is 11.3. The molecule has 1 fully saturated rings. The molecule has 2 rings (SSSR count).